The second-order valence-electron chi connectivity index (χ2n) is 6.99. The summed E-state index contributed by atoms with van der Waals surface area (Å²) >= 11 is 6.16. The van der Waals surface area contributed by atoms with E-state index in [9.17, 15) is 13.2 Å². The summed E-state index contributed by atoms with van der Waals surface area (Å²) in [5.41, 5.74) is 6.80. The van der Waals surface area contributed by atoms with Crippen LogP contribution in [-0.4, -0.2) is 43.1 Å². The van der Waals surface area contributed by atoms with Gasteiger partial charge in [-0.2, -0.15) is 4.98 Å². The number of aromatic nitrogens is 2. The van der Waals surface area contributed by atoms with Crippen molar-refractivity contribution < 1.29 is 13.2 Å². The molecule has 1 saturated carbocycles. The van der Waals surface area contributed by atoms with E-state index >= 15 is 0 Å². The number of amides is 1. The normalized spacial score (nSPS) is 14.4. The van der Waals surface area contributed by atoms with E-state index in [4.69, 9.17) is 22.5 Å². The first-order valence-corrected chi connectivity index (χ1v) is 11.5. The number of sulfonamides is 1. The van der Waals surface area contributed by atoms with Crippen molar-refractivity contribution in [2.45, 2.75) is 30.3 Å². The molecule has 0 spiro atoms. The Morgan fingerprint density at radius 3 is 2.62 bits per heavy atom. The Hall–Kier alpha value is -3.22. The molecule has 0 saturated heterocycles. The number of carbonyl (C=O) groups is 1. The molecule has 1 aromatic heterocycles. The molecule has 13 heteroatoms. The number of halogens is 1. The van der Waals surface area contributed by atoms with Crippen molar-refractivity contribution >= 4 is 45.5 Å². The lowest BCUT2D eigenvalue weighted by atomic mass is 10.2. The topological polar surface area (TPSA) is 177 Å². The van der Waals surface area contributed by atoms with E-state index in [1.165, 1.54) is 30.7 Å². The van der Waals surface area contributed by atoms with Gasteiger partial charge in [-0.25, -0.2) is 18.5 Å². The Balaban J connectivity index is 1.58. The summed E-state index contributed by atoms with van der Waals surface area (Å²) < 4.78 is 22.7. The Kier molecular flexibility index (Phi) is 7.62. The minimum atomic E-state index is -3.75. The van der Waals surface area contributed by atoms with Crippen LogP contribution in [0.2, 0.25) is 5.02 Å². The van der Waals surface area contributed by atoms with Crippen LogP contribution >= 0.6 is 11.6 Å². The van der Waals surface area contributed by atoms with Gasteiger partial charge in [0.25, 0.3) is 0 Å². The Bertz CT molecular complexity index is 1130. The minimum Gasteiger partial charge on any atom is -0.403 e. The quantitative estimate of drug-likeness (QED) is 0.313. The Morgan fingerprint density at radius 2 is 2.00 bits per heavy atom. The van der Waals surface area contributed by atoms with E-state index < -0.39 is 10.0 Å². The molecule has 0 bridgehead atoms. The van der Waals surface area contributed by atoms with E-state index in [1.807, 2.05) is 0 Å². The maximum atomic E-state index is 11.7. The minimum absolute atomic E-state index is 0.00591. The first-order chi connectivity index (χ1) is 15.2. The van der Waals surface area contributed by atoms with Gasteiger partial charge in [0.05, 0.1) is 16.8 Å². The van der Waals surface area contributed by atoms with E-state index in [0.29, 0.717) is 23.1 Å². The predicted molar refractivity (Wildman–Crippen MR) is 123 cm³/mol. The molecule has 1 fully saturated rings. The third kappa shape index (κ3) is 7.18. The van der Waals surface area contributed by atoms with Crippen molar-refractivity contribution in [3.05, 3.63) is 52.9 Å². The number of benzene rings is 1. The van der Waals surface area contributed by atoms with Gasteiger partial charge in [-0.15, -0.1) is 0 Å². The van der Waals surface area contributed by atoms with Crippen LogP contribution in [0.3, 0.4) is 0 Å². The molecule has 1 aromatic carbocycles. The number of nitrogens with zero attached hydrogens (tertiary/aromatic N) is 3. The first-order valence-electron chi connectivity index (χ1n) is 9.61. The zero-order chi connectivity index (χ0) is 23.1. The Morgan fingerprint density at radius 1 is 1.28 bits per heavy atom. The van der Waals surface area contributed by atoms with Crippen molar-refractivity contribution in [3.63, 3.8) is 0 Å². The van der Waals surface area contributed by atoms with Gasteiger partial charge >= 0.3 is 0 Å². The van der Waals surface area contributed by atoms with Crippen LogP contribution in [-0.2, 0) is 21.4 Å². The summed E-state index contributed by atoms with van der Waals surface area (Å²) in [6.07, 6.45) is 6.13. The summed E-state index contributed by atoms with van der Waals surface area (Å²) in [7, 11) is -3.75. The second kappa shape index (κ2) is 10.4. The number of carbonyl (C=O) groups excluding carboxylic acids is 1. The van der Waals surface area contributed by atoms with Crippen LogP contribution in [0.5, 0.6) is 0 Å². The maximum absolute atomic E-state index is 11.7. The molecule has 1 aliphatic rings. The van der Waals surface area contributed by atoms with Crippen LogP contribution < -0.4 is 26.8 Å². The smallest absolute Gasteiger partial charge is 0.241 e. The molecule has 0 atom stereocenters. The van der Waals surface area contributed by atoms with Gasteiger partial charge in [0, 0.05) is 25.0 Å². The number of rotatable bonds is 10. The second-order valence-corrected chi connectivity index (χ2v) is 8.96. The fraction of sp³-hybridized carbons (Fsp3) is 0.263. The van der Waals surface area contributed by atoms with E-state index in [-0.39, 0.29) is 29.3 Å². The lowest BCUT2D eigenvalue weighted by Crippen LogP contribution is -2.27. The van der Waals surface area contributed by atoms with Gasteiger partial charge in [-0.3, -0.25) is 9.79 Å². The summed E-state index contributed by atoms with van der Waals surface area (Å²) in [5.74, 6) is 0.426. The highest BCUT2D eigenvalue weighted by Gasteiger charge is 2.22. The van der Waals surface area contributed by atoms with Gasteiger partial charge < -0.3 is 21.7 Å². The number of aliphatic imine (C=N–C) groups is 1. The van der Waals surface area contributed by atoms with Crippen LogP contribution in [0.15, 0.2) is 52.2 Å². The lowest BCUT2D eigenvalue weighted by molar-refractivity contribution is -0.119. The molecule has 3 rings (SSSR count). The molecule has 2 aromatic rings. The van der Waals surface area contributed by atoms with Crippen molar-refractivity contribution in [2.75, 3.05) is 17.2 Å². The van der Waals surface area contributed by atoms with Gasteiger partial charge in [0.1, 0.15) is 11.6 Å². The van der Waals surface area contributed by atoms with Gasteiger partial charge in [0.2, 0.25) is 21.9 Å². The molecule has 1 aliphatic carbocycles. The van der Waals surface area contributed by atoms with E-state index in [0.717, 1.165) is 18.4 Å². The van der Waals surface area contributed by atoms with Crippen molar-refractivity contribution in [1.29, 1.82) is 0 Å². The molecule has 32 heavy (non-hydrogen) atoms. The van der Waals surface area contributed by atoms with Crippen LogP contribution in [0.1, 0.15) is 18.4 Å². The molecular formula is C19H23ClN8O3S. The highest BCUT2D eigenvalue weighted by molar-refractivity contribution is 7.89. The molecule has 7 N–H and O–H groups in total. The van der Waals surface area contributed by atoms with Crippen molar-refractivity contribution in [3.8, 4) is 0 Å². The highest BCUT2D eigenvalue weighted by atomic mass is 35.5. The van der Waals surface area contributed by atoms with Crippen LogP contribution in [0.4, 0.5) is 11.8 Å². The zero-order valence-corrected chi connectivity index (χ0v) is 18.5. The predicted octanol–water partition coefficient (Wildman–Crippen LogP) is 0.951. The number of nitrogens with two attached hydrogens (primary N) is 2. The number of hydrogen-bond donors (Lipinski definition) is 5. The number of hydrogen-bond acceptors (Lipinski definition) is 9. The number of nitrogens with one attached hydrogen (secondary N) is 3. The molecule has 0 unspecified atom stereocenters. The number of anilines is 2. The maximum Gasteiger partial charge on any atom is 0.241 e. The zero-order valence-electron chi connectivity index (χ0n) is 17.0. The highest BCUT2D eigenvalue weighted by Crippen LogP contribution is 2.21. The standard InChI is InChI=1S/C19H23ClN8O3S/c20-16-10-25-19(27-14(7-21)9-23-11-17(29)26-13-3-4-13)28-18(16)24-8-12-1-5-15(6-2-12)32(22,30)31/h1-2,5-7,9-10,13H,3-4,8,11,21H2,(H,26,29)(H2,22,30,31)(H2,24,25,27,28). The molecular weight excluding hydrogens is 456 g/mol. The SMILES string of the molecule is NC=C(C=NCC(=O)NC1CC1)Nc1ncc(Cl)c(NCc2ccc(S(N)(=O)=O)cc2)n1. The summed E-state index contributed by atoms with van der Waals surface area (Å²) in [6, 6.07) is 6.38. The monoisotopic (exact) mass is 478 g/mol. The lowest BCUT2D eigenvalue weighted by Gasteiger charge is -2.10. The summed E-state index contributed by atoms with van der Waals surface area (Å²) in [4.78, 5) is 24.2. The average Bonchev–Trinajstić information content (AvgIpc) is 3.56. The molecule has 1 amide bonds. The molecule has 0 radical (unpaired) electrons. The summed E-state index contributed by atoms with van der Waals surface area (Å²) in [5, 5.41) is 14.2. The third-order valence-electron chi connectivity index (χ3n) is 4.30. The summed E-state index contributed by atoms with van der Waals surface area (Å²) in [6.45, 7) is 0.326. The molecule has 11 nitrogen and oxygen atoms in total. The number of allylic oxidation sites excluding steroid dienone is 1. The Labute approximate surface area is 190 Å². The fourth-order valence-electron chi connectivity index (χ4n) is 2.51. The fourth-order valence-corrected chi connectivity index (χ4v) is 3.18. The van der Waals surface area contributed by atoms with Gasteiger partial charge in [-0.1, -0.05) is 23.7 Å². The first kappa shape index (κ1) is 23.4. The van der Waals surface area contributed by atoms with Crippen molar-refractivity contribution in [1.82, 2.24) is 15.3 Å². The van der Waals surface area contributed by atoms with E-state index in [2.05, 4.69) is 30.9 Å². The van der Waals surface area contributed by atoms with Crippen LogP contribution in [0, 0.1) is 0 Å². The molecule has 0 aliphatic heterocycles. The molecule has 170 valence electrons. The van der Waals surface area contributed by atoms with E-state index in [1.54, 1.807) is 12.1 Å². The molecule has 1 heterocycles. The average molecular weight is 479 g/mol. The number of primary sulfonamides is 1. The van der Waals surface area contributed by atoms with Gasteiger partial charge in [-0.05, 0) is 30.5 Å². The largest absolute Gasteiger partial charge is 0.403 e. The van der Waals surface area contributed by atoms with Crippen molar-refractivity contribution in [2.24, 2.45) is 15.9 Å². The van der Waals surface area contributed by atoms with Crippen LogP contribution in [0.25, 0.3) is 0 Å². The third-order valence-corrected chi connectivity index (χ3v) is 5.51. The van der Waals surface area contributed by atoms with Gasteiger partial charge in [0.15, 0.2) is 5.82 Å².